The van der Waals surface area contributed by atoms with E-state index in [1.54, 1.807) is 12.1 Å². The molecule has 0 spiro atoms. The Morgan fingerprint density at radius 3 is 2.07 bits per heavy atom. The maximum atomic E-state index is 15.4. The lowest BCUT2D eigenvalue weighted by Gasteiger charge is -2.38. The molecule has 0 aromatic heterocycles. The van der Waals surface area contributed by atoms with Gasteiger partial charge in [-0.25, -0.2) is 17.6 Å². The Morgan fingerprint density at radius 2 is 1.47 bits per heavy atom. The van der Waals surface area contributed by atoms with E-state index in [-0.39, 0.29) is 43.1 Å². The van der Waals surface area contributed by atoms with Gasteiger partial charge in [0.05, 0.1) is 25.5 Å². The highest BCUT2D eigenvalue weighted by molar-refractivity contribution is 5.51. The number of hydrogen-bond acceptors (Lipinski definition) is 3. The Labute approximate surface area is 262 Å². The highest BCUT2D eigenvalue weighted by Crippen LogP contribution is 2.45. The van der Waals surface area contributed by atoms with E-state index in [0.29, 0.717) is 48.4 Å². The molecular formula is C36H44F6O3. The first kappa shape index (κ1) is 33.8. The summed E-state index contributed by atoms with van der Waals surface area (Å²) >= 11 is 0. The molecule has 5 rings (SSSR count). The maximum absolute atomic E-state index is 15.4. The van der Waals surface area contributed by atoms with Gasteiger partial charge in [0, 0.05) is 29.5 Å². The third kappa shape index (κ3) is 8.45. The second kappa shape index (κ2) is 15.4. The molecule has 0 atom stereocenters. The van der Waals surface area contributed by atoms with Crippen molar-refractivity contribution in [2.45, 2.75) is 108 Å². The van der Waals surface area contributed by atoms with Crippen LogP contribution in [0.2, 0.25) is 0 Å². The highest BCUT2D eigenvalue weighted by Gasteiger charge is 2.44. The molecule has 0 amide bonds. The minimum Gasteiger partial charge on any atom is -0.432 e. The zero-order valence-corrected chi connectivity index (χ0v) is 25.9. The molecule has 1 saturated heterocycles. The fourth-order valence-corrected chi connectivity index (χ4v) is 7.36. The second-order valence-corrected chi connectivity index (χ2v) is 13.1. The summed E-state index contributed by atoms with van der Waals surface area (Å²) in [7, 11) is 0. The number of benzene rings is 2. The fourth-order valence-electron chi connectivity index (χ4n) is 7.36. The number of hydrogen-bond donors (Lipinski definition) is 0. The third-order valence-corrected chi connectivity index (χ3v) is 10.0. The van der Waals surface area contributed by atoms with Crippen LogP contribution in [0.4, 0.5) is 26.3 Å². The lowest BCUT2D eigenvalue weighted by Crippen LogP contribution is -2.38. The molecule has 248 valence electrons. The summed E-state index contributed by atoms with van der Waals surface area (Å²) in [4.78, 5) is 0. The summed E-state index contributed by atoms with van der Waals surface area (Å²) in [6, 6.07) is 6.63. The van der Waals surface area contributed by atoms with Crippen molar-refractivity contribution in [1.82, 2.24) is 0 Å². The van der Waals surface area contributed by atoms with Crippen molar-refractivity contribution in [3.63, 3.8) is 0 Å². The quantitative estimate of drug-likeness (QED) is 0.181. The van der Waals surface area contributed by atoms with Gasteiger partial charge in [-0.3, -0.25) is 0 Å². The smallest absolute Gasteiger partial charge is 0.400 e. The molecule has 0 unspecified atom stereocenters. The Bertz CT molecular complexity index is 1250. The number of unbranched alkanes of at least 4 members (excludes halogenated alkanes) is 2. The number of halogens is 6. The van der Waals surface area contributed by atoms with Gasteiger partial charge in [0.25, 0.3) is 0 Å². The molecule has 45 heavy (non-hydrogen) atoms. The van der Waals surface area contributed by atoms with Gasteiger partial charge in [-0.05, 0) is 92.9 Å². The zero-order valence-electron chi connectivity index (χ0n) is 25.9. The first-order valence-corrected chi connectivity index (χ1v) is 16.5. The van der Waals surface area contributed by atoms with E-state index >= 15 is 4.39 Å². The summed E-state index contributed by atoms with van der Waals surface area (Å²) in [6.07, 6.45) is 6.18. The molecular weight excluding hydrogens is 594 g/mol. The van der Waals surface area contributed by atoms with Crippen LogP contribution >= 0.6 is 0 Å². The van der Waals surface area contributed by atoms with E-state index in [9.17, 15) is 22.0 Å². The van der Waals surface area contributed by atoms with Crippen LogP contribution in [-0.2, 0) is 9.47 Å². The molecule has 2 aliphatic carbocycles. The van der Waals surface area contributed by atoms with Crippen LogP contribution in [0.25, 0.3) is 6.08 Å². The van der Waals surface area contributed by atoms with Crippen LogP contribution in [-0.4, -0.2) is 25.6 Å². The summed E-state index contributed by atoms with van der Waals surface area (Å²) in [5, 5.41) is 0. The summed E-state index contributed by atoms with van der Waals surface area (Å²) in [5.74, 6) is -3.67. The lowest BCUT2D eigenvalue weighted by molar-refractivity contribution is -0.229. The van der Waals surface area contributed by atoms with E-state index in [0.717, 1.165) is 50.9 Å². The normalized spacial score (nSPS) is 28.0. The lowest BCUT2D eigenvalue weighted by atomic mass is 9.76. The first-order valence-electron chi connectivity index (χ1n) is 16.5. The largest absolute Gasteiger partial charge is 0.432 e. The molecule has 3 fully saturated rings. The van der Waals surface area contributed by atoms with Crippen molar-refractivity contribution in [3.8, 4) is 5.75 Å². The monoisotopic (exact) mass is 638 g/mol. The molecule has 2 aromatic carbocycles. The van der Waals surface area contributed by atoms with Crippen molar-refractivity contribution in [2.75, 3.05) is 13.2 Å². The minimum atomic E-state index is -3.67. The Kier molecular flexibility index (Phi) is 11.6. The van der Waals surface area contributed by atoms with Gasteiger partial charge < -0.3 is 14.2 Å². The molecule has 1 heterocycles. The van der Waals surface area contributed by atoms with Crippen molar-refractivity contribution in [2.24, 2.45) is 17.8 Å². The van der Waals surface area contributed by atoms with Crippen molar-refractivity contribution >= 4 is 6.08 Å². The zero-order chi connectivity index (χ0) is 32.0. The number of rotatable bonds is 11. The second-order valence-electron chi connectivity index (χ2n) is 13.1. The maximum Gasteiger partial charge on any atom is 0.400 e. The summed E-state index contributed by atoms with van der Waals surface area (Å²) in [5.41, 5.74) is 0.828. The van der Waals surface area contributed by atoms with Gasteiger partial charge in [-0.1, -0.05) is 38.3 Å². The van der Waals surface area contributed by atoms with Crippen LogP contribution in [0.15, 0.2) is 36.7 Å². The predicted octanol–water partition coefficient (Wildman–Crippen LogP) is 10.8. The van der Waals surface area contributed by atoms with Crippen molar-refractivity contribution in [3.05, 3.63) is 70.8 Å². The van der Waals surface area contributed by atoms with Gasteiger partial charge in [0.1, 0.15) is 23.2 Å². The van der Waals surface area contributed by atoms with Gasteiger partial charge >= 0.3 is 6.11 Å². The Balaban J connectivity index is 1.10. The van der Waals surface area contributed by atoms with Gasteiger partial charge in [0.15, 0.2) is 6.29 Å². The molecule has 0 N–H and O–H groups in total. The van der Waals surface area contributed by atoms with Gasteiger partial charge in [-0.15, -0.1) is 0 Å². The molecule has 3 nitrogen and oxygen atoms in total. The Morgan fingerprint density at radius 1 is 0.822 bits per heavy atom. The van der Waals surface area contributed by atoms with Crippen molar-refractivity contribution in [1.29, 1.82) is 0 Å². The molecule has 3 aliphatic rings. The summed E-state index contributed by atoms with van der Waals surface area (Å²) in [6.45, 7) is 3.74. The van der Waals surface area contributed by atoms with Crippen LogP contribution in [0.3, 0.4) is 0 Å². The average molecular weight is 639 g/mol. The fraction of sp³-hybridized carbons (Fsp3) is 0.611. The minimum absolute atomic E-state index is 0.0386. The van der Waals surface area contributed by atoms with Crippen molar-refractivity contribution < 1.29 is 40.6 Å². The topological polar surface area (TPSA) is 27.7 Å². The van der Waals surface area contributed by atoms with E-state index in [2.05, 4.69) is 6.92 Å². The molecule has 2 saturated carbocycles. The third-order valence-electron chi connectivity index (χ3n) is 10.0. The molecule has 2 aromatic rings. The predicted molar refractivity (Wildman–Crippen MR) is 161 cm³/mol. The summed E-state index contributed by atoms with van der Waals surface area (Å²) < 4.78 is 103. The van der Waals surface area contributed by atoms with Gasteiger partial charge in [0.2, 0.25) is 0 Å². The van der Waals surface area contributed by atoms with Crippen LogP contribution in [0, 0.1) is 35.2 Å². The number of alkyl halides is 2. The van der Waals surface area contributed by atoms with E-state index in [1.807, 2.05) is 6.07 Å². The van der Waals surface area contributed by atoms with Crippen LogP contribution < -0.4 is 4.74 Å². The first-order chi connectivity index (χ1) is 21.7. The standard InChI is InChI=1S/C36H44F6O3/c1-2-3-4-5-23-21-43-35(44-22-23)26-8-6-24(7-9-26)27-12-15-30(32(38)18-27)25-10-13-28(14-11-25)36(41,42)45-29-19-33(39)31(16-17-37)34(40)20-29/h12,15-20,23-26,28,35H,2-11,13-14,21-22H2,1H3. The molecule has 1 aliphatic heterocycles. The number of ether oxygens (including phenoxy) is 3. The molecule has 9 heteroatoms. The van der Waals surface area contributed by atoms with Gasteiger partial charge in [-0.2, -0.15) is 8.78 Å². The molecule has 0 bridgehead atoms. The van der Waals surface area contributed by atoms with E-state index in [1.165, 1.54) is 19.3 Å². The SMILES string of the molecule is CCCCCC1COC(C2CCC(c3ccc(C4CCC(C(F)(F)Oc5cc(F)c(C=CF)c(F)c5)CC4)c(F)c3)CC2)OC1. The van der Waals surface area contributed by atoms with E-state index < -0.39 is 35.0 Å². The highest BCUT2D eigenvalue weighted by atomic mass is 19.3. The van der Waals surface area contributed by atoms with E-state index in [4.69, 9.17) is 14.2 Å². The van der Waals surface area contributed by atoms with Crippen LogP contribution in [0.5, 0.6) is 5.75 Å². The Hall–Kier alpha value is -2.52. The average Bonchev–Trinajstić information content (AvgIpc) is 3.03. The van der Waals surface area contributed by atoms with Crippen LogP contribution in [0.1, 0.15) is 112 Å². The molecule has 0 radical (unpaired) electrons.